The smallest absolute Gasteiger partial charge is 0.352 e. The predicted octanol–water partition coefficient (Wildman–Crippen LogP) is 0.476. The zero-order valence-electron chi connectivity index (χ0n) is 28.3. The van der Waals surface area contributed by atoms with Crippen LogP contribution in [0.1, 0.15) is 27.7 Å². The van der Waals surface area contributed by atoms with Crippen molar-refractivity contribution >= 4 is 64.2 Å². The standard InChI is InChI=1S/C32H29N7O13S2/c1-13-22(25(44)17-8-18(40)19(41)9-20(17)52-13)26(45)33-23(14-4-6-16(7-5-14)51-10-21(42)43)27(46)34-32(50-3)29(49)39-24(28(47)48)15(11-53-30(32)39)12-54-31-35-36-37-38(31)2/h4-9,23,30,40-41H,10-12H2,1-3H3,(H,33,45)(H,34,46)(H,42,43)(H,47,48)/t23?,30-,32+/m1/s1. The molecular formula is C32H29N7O13S2. The van der Waals surface area contributed by atoms with Crippen molar-refractivity contribution in [3.63, 3.8) is 0 Å². The van der Waals surface area contributed by atoms with Gasteiger partial charge in [0.2, 0.25) is 16.5 Å². The number of nitrogens with zero attached hydrogens (tertiary/aromatic N) is 5. The van der Waals surface area contributed by atoms with E-state index in [4.69, 9.17) is 19.0 Å². The molecule has 0 radical (unpaired) electrons. The van der Waals surface area contributed by atoms with Crippen LogP contribution in [0.3, 0.4) is 0 Å². The van der Waals surface area contributed by atoms with E-state index < -0.39 is 75.9 Å². The van der Waals surface area contributed by atoms with Crippen LogP contribution in [0.25, 0.3) is 11.0 Å². The first-order valence-electron chi connectivity index (χ1n) is 15.5. The number of aliphatic carboxylic acids is 2. The molecule has 22 heteroatoms. The van der Waals surface area contributed by atoms with Crippen molar-refractivity contribution in [3.05, 3.63) is 74.8 Å². The number of phenolic OH excluding ortho intramolecular Hbond substituents is 2. The van der Waals surface area contributed by atoms with Gasteiger partial charge in [-0.25, -0.2) is 14.3 Å². The fourth-order valence-electron chi connectivity index (χ4n) is 5.80. The molecule has 6 N–H and O–H groups in total. The Balaban J connectivity index is 1.31. The Labute approximate surface area is 311 Å². The largest absolute Gasteiger partial charge is 0.504 e. The highest BCUT2D eigenvalue weighted by molar-refractivity contribution is 8.01. The van der Waals surface area contributed by atoms with Gasteiger partial charge in [0.05, 0.1) is 5.39 Å². The summed E-state index contributed by atoms with van der Waals surface area (Å²) in [6.45, 7) is 0.637. The summed E-state index contributed by atoms with van der Waals surface area (Å²) in [5.74, 6) is -6.70. The summed E-state index contributed by atoms with van der Waals surface area (Å²) in [6.07, 6.45) is 0. The van der Waals surface area contributed by atoms with Crippen LogP contribution in [0.2, 0.25) is 0 Å². The second kappa shape index (κ2) is 14.7. The minimum atomic E-state index is -2.10. The number of methoxy groups -OCH3 is 1. The Kier molecular flexibility index (Phi) is 10.3. The van der Waals surface area contributed by atoms with Gasteiger partial charge in [-0.05, 0) is 46.7 Å². The summed E-state index contributed by atoms with van der Waals surface area (Å²) < 4.78 is 17.7. The maximum absolute atomic E-state index is 14.2. The van der Waals surface area contributed by atoms with Crippen LogP contribution in [0, 0.1) is 6.92 Å². The number of fused-ring (bicyclic) bond motifs is 2. The van der Waals surface area contributed by atoms with Crippen molar-refractivity contribution in [2.75, 3.05) is 25.2 Å². The van der Waals surface area contributed by atoms with Gasteiger partial charge < -0.3 is 45.0 Å². The number of β-lactam (4-membered cyclic amide) rings is 1. The molecule has 1 fully saturated rings. The lowest BCUT2D eigenvalue weighted by molar-refractivity contribution is -0.192. The first-order valence-corrected chi connectivity index (χ1v) is 17.6. The highest BCUT2D eigenvalue weighted by Crippen LogP contribution is 2.47. The Bertz CT molecular complexity index is 2310. The molecule has 3 atom stereocenters. The summed E-state index contributed by atoms with van der Waals surface area (Å²) in [5.41, 5.74) is -3.48. The van der Waals surface area contributed by atoms with E-state index in [2.05, 4.69) is 26.2 Å². The number of phenols is 2. The molecule has 2 aliphatic rings. The molecule has 4 aromatic rings. The van der Waals surface area contributed by atoms with Gasteiger partial charge in [-0.15, -0.1) is 16.9 Å². The van der Waals surface area contributed by atoms with E-state index in [0.29, 0.717) is 10.7 Å². The second-order valence-electron chi connectivity index (χ2n) is 11.8. The predicted molar refractivity (Wildman–Crippen MR) is 185 cm³/mol. The SMILES string of the molecule is CO[C@@]1(NC(=O)C(NC(=O)c2c(C)oc3cc(O)c(O)cc3c2=O)c2ccc(OCC(=O)O)cc2)C(=O)N2C(C(=O)O)=C(CSc3nnnn3C)CS[C@@H]21. The Hall–Kier alpha value is -6.13. The lowest BCUT2D eigenvalue weighted by Gasteiger charge is -2.56. The molecule has 20 nitrogen and oxygen atoms in total. The summed E-state index contributed by atoms with van der Waals surface area (Å²) >= 11 is 2.29. The molecule has 0 bridgehead atoms. The number of amides is 3. The molecule has 0 saturated carbocycles. The zero-order chi connectivity index (χ0) is 39.1. The average molecular weight is 784 g/mol. The van der Waals surface area contributed by atoms with E-state index in [1.165, 1.54) is 35.9 Å². The van der Waals surface area contributed by atoms with E-state index in [1.54, 1.807) is 7.05 Å². The van der Waals surface area contributed by atoms with Crippen molar-refractivity contribution < 1.29 is 58.3 Å². The lowest BCUT2D eigenvalue weighted by Crippen LogP contribution is -2.81. The molecule has 2 aliphatic heterocycles. The summed E-state index contributed by atoms with van der Waals surface area (Å²) in [6, 6.07) is 5.60. The molecule has 3 amide bonds. The number of carboxylic acids is 2. The number of hydrogen-bond acceptors (Lipinski definition) is 16. The minimum Gasteiger partial charge on any atom is -0.504 e. The van der Waals surface area contributed by atoms with Crippen LogP contribution < -0.4 is 20.8 Å². The quantitative estimate of drug-likeness (QED) is 0.0465. The third kappa shape index (κ3) is 6.76. The number of tetrazole rings is 1. The van der Waals surface area contributed by atoms with Crippen LogP contribution in [0.4, 0.5) is 0 Å². The Morgan fingerprint density at radius 2 is 1.83 bits per heavy atom. The fourth-order valence-corrected chi connectivity index (χ4v) is 8.23. The van der Waals surface area contributed by atoms with Gasteiger partial charge in [0.1, 0.15) is 39.8 Å². The number of benzene rings is 2. The molecular weight excluding hydrogens is 755 g/mol. The van der Waals surface area contributed by atoms with Crippen LogP contribution in [0.15, 0.2) is 62.0 Å². The number of aromatic hydroxyl groups is 2. The van der Waals surface area contributed by atoms with E-state index in [0.717, 1.165) is 47.7 Å². The van der Waals surface area contributed by atoms with E-state index in [1.807, 2.05) is 0 Å². The number of nitrogens with one attached hydrogen (secondary N) is 2. The molecule has 0 aliphatic carbocycles. The number of aromatic nitrogens is 4. The highest BCUT2D eigenvalue weighted by Gasteiger charge is 2.67. The zero-order valence-corrected chi connectivity index (χ0v) is 29.9. The molecule has 282 valence electrons. The van der Waals surface area contributed by atoms with Crippen LogP contribution in [0.5, 0.6) is 17.2 Å². The summed E-state index contributed by atoms with van der Waals surface area (Å²) in [4.78, 5) is 79.8. The van der Waals surface area contributed by atoms with Gasteiger partial charge in [0.15, 0.2) is 18.1 Å². The van der Waals surface area contributed by atoms with Crippen LogP contribution in [-0.4, -0.2) is 112 Å². The Morgan fingerprint density at radius 3 is 2.46 bits per heavy atom. The first kappa shape index (κ1) is 37.6. The molecule has 6 rings (SSSR count). The molecule has 1 unspecified atom stereocenters. The molecule has 1 saturated heterocycles. The minimum absolute atomic E-state index is 0.0868. The van der Waals surface area contributed by atoms with Crippen molar-refractivity contribution in [2.24, 2.45) is 7.05 Å². The fraction of sp³-hybridized carbons (Fsp3) is 0.281. The highest BCUT2D eigenvalue weighted by atomic mass is 32.2. The topological polar surface area (TPSA) is 286 Å². The van der Waals surface area contributed by atoms with Crippen molar-refractivity contribution in [2.45, 2.75) is 29.2 Å². The van der Waals surface area contributed by atoms with Crippen molar-refractivity contribution in [3.8, 4) is 17.2 Å². The average Bonchev–Trinajstić information content (AvgIpc) is 3.55. The van der Waals surface area contributed by atoms with Gasteiger partial charge in [0.25, 0.3) is 17.5 Å². The number of thioether (sulfide) groups is 2. The number of hydrogen-bond donors (Lipinski definition) is 6. The lowest BCUT2D eigenvalue weighted by atomic mass is 9.96. The van der Waals surface area contributed by atoms with Crippen molar-refractivity contribution in [1.82, 2.24) is 35.7 Å². The maximum Gasteiger partial charge on any atom is 0.352 e. The van der Waals surface area contributed by atoms with E-state index in [9.17, 15) is 44.1 Å². The van der Waals surface area contributed by atoms with Crippen LogP contribution >= 0.6 is 23.5 Å². The number of carboxylic acid groups (broad SMARTS) is 2. The number of carbonyl (C=O) groups is 5. The van der Waals surface area contributed by atoms with Gasteiger partial charge >= 0.3 is 11.9 Å². The molecule has 0 spiro atoms. The van der Waals surface area contributed by atoms with Gasteiger partial charge in [0, 0.05) is 31.7 Å². The number of carbonyl (C=O) groups excluding carboxylic acids is 3. The third-order valence-electron chi connectivity index (χ3n) is 8.40. The van der Waals surface area contributed by atoms with Gasteiger partial charge in [-0.2, -0.15) is 0 Å². The van der Waals surface area contributed by atoms with Gasteiger partial charge in [-0.1, -0.05) is 23.9 Å². The number of ether oxygens (including phenoxy) is 2. The van der Waals surface area contributed by atoms with Crippen LogP contribution in [-0.2, 0) is 31.0 Å². The summed E-state index contributed by atoms with van der Waals surface area (Å²) in [5, 5.41) is 54.3. The summed E-state index contributed by atoms with van der Waals surface area (Å²) in [7, 11) is 2.76. The Morgan fingerprint density at radius 1 is 1.13 bits per heavy atom. The van der Waals surface area contributed by atoms with E-state index >= 15 is 0 Å². The van der Waals surface area contributed by atoms with E-state index in [-0.39, 0.29) is 45.2 Å². The second-order valence-corrected chi connectivity index (χ2v) is 13.8. The number of aryl methyl sites for hydroxylation is 2. The van der Waals surface area contributed by atoms with Crippen molar-refractivity contribution in [1.29, 1.82) is 0 Å². The molecule has 2 aromatic carbocycles. The molecule has 4 heterocycles. The normalized spacial score (nSPS) is 18.5. The monoisotopic (exact) mass is 783 g/mol. The molecule has 2 aromatic heterocycles. The van der Waals surface area contributed by atoms with Gasteiger partial charge in [-0.3, -0.25) is 24.1 Å². The maximum atomic E-state index is 14.2. The third-order valence-corrected chi connectivity index (χ3v) is 10.9. The first-order chi connectivity index (χ1) is 25.7. The number of rotatable bonds is 13. The molecule has 54 heavy (non-hydrogen) atoms.